The summed E-state index contributed by atoms with van der Waals surface area (Å²) in [5, 5.41) is 14.0. The van der Waals surface area contributed by atoms with Crippen molar-refractivity contribution in [3.63, 3.8) is 0 Å². The molecule has 1 aromatic heterocycles. The van der Waals surface area contributed by atoms with Crippen molar-refractivity contribution in [1.82, 2.24) is 9.97 Å². The van der Waals surface area contributed by atoms with Gasteiger partial charge >= 0.3 is 5.97 Å². The number of rotatable bonds is 6. The predicted octanol–water partition coefficient (Wildman–Crippen LogP) is 2.99. The van der Waals surface area contributed by atoms with Crippen LogP contribution in [0.4, 0.5) is 11.4 Å². The molecule has 0 fully saturated rings. The van der Waals surface area contributed by atoms with E-state index in [0.717, 1.165) is 0 Å². The van der Waals surface area contributed by atoms with E-state index in [-0.39, 0.29) is 17.3 Å². The fraction of sp³-hybridized carbons (Fsp3) is 0.118. The molecule has 3 rings (SSSR count). The number of ether oxygens (including phenoxy) is 1. The largest absolute Gasteiger partial charge is 0.465 e. The molecule has 2 N–H and O–H groups in total. The number of aromatic nitrogens is 2. The van der Waals surface area contributed by atoms with Crippen LogP contribution in [-0.2, 0) is 9.53 Å². The quantitative estimate of drug-likeness (QED) is 0.288. The average Bonchev–Trinajstić information content (AvgIpc) is 3.08. The van der Waals surface area contributed by atoms with Crippen molar-refractivity contribution in [3.8, 4) is 0 Å². The van der Waals surface area contributed by atoms with Crippen LogP contribution in [-0.4, -0.2) is 39.6 Å². The van der Waals surface area contributed by atoms with E-state index in [4.69, 9.17) is 0 Å². The maximum atomic E-state index is 12.1. The third-order valence-electron chi connectivity index (χ3n) is 3.58. The van der Waals surface area contributed by atoms with Gasteiger partial charge in [-0.05, 0) is 30.3 Å². The standard InChI is InChI=1S/C17H14N4O5S/c1-26-16(23)10-2-4-11(5-3-10)18-15(22)9-27-17-19-13-7-6-12(21(24)25)8-14(13)20-17/h2-8H,9H2,1H3,(H,18,22)(H,19,20). The Morgan fingerprint density at radius 3 is 2.67 bits per heavy atom. The van der Waals surface area contributed by atoms with Crippen LogP contribution in [0.5, 0.6) is 0 Å². The lowest BCUT2D eigenvalue weighted by atomic mass is 10.2. The number of fused-ring (bicyclic) bond motifs is 1. The van der Waals surface area contributed by atoms with Gasteiger partial charge in [0.05, 0.1) is 34.4 Å². The maximum Gasteiger partial charge on any atom is 0.337 e. The Labute approximate surface area is 157 Å². The number of H-pyrrole nitrogens is 1. The van der Waals surface area contributed by atoms with Gasteiger partial charge in [-0.25, -0.2) is 9.78 Å². The summed E-state index contributed by atoms with van der Waals surface area (Å²) >= 11 is 1.18. The smallest absolute Gasteiger partial charge is 0.337 e. The molecule has 0 atom stereocenters. The van der Waals surface area contributed by atoms with Crippen LogP contribution in [0.1, 0.15) is 10.4 Å². The number of hydrogen-bond acceptors (Lipinski definition) is 7. The minimum Gasteiger partial charge on any atom is -0.465 e. The minimum atomic E-state index is -0.480. The highest BCUT2D eigenvalue weighted by molar-refractivity contribution is 7.99. The molecule has 27 heavy (non-hydrogen) atoms. The monoisotopic (exact) mass is 386 g/mol. The maximum absolute atomic E-state index is 12.1. The lowest BCUT2D eigenvalue weighted by Crippen LogP contribution is -2.14. The molecular formula is C17H14N4O5S. The predicted molar refractivity (Wildman–Crippen MR) is 99.9 cm³/mol. The number of hydrogen-bond donors (Lipinski definition) is 2. The number of carbonyl (C=O) groups excluding carboxylic acids is 2. The number of carbonyl (C=O) groups is 2. The number of nitrogens with zero attached hydrogens (tertiary/aromatic N) is 2. The van der Waals surface area contributed by atoms with E-state index in [9.17, 15) is 19.7 Å². The molecule has 0 bridgehead atoms. The number of esters is 1. The Morgan fingerprint density at radius 2 is 2.00 bits per heavy atom. The van der Waals surface area contributed by atoms with Crippen LogP contribution in [0.3, 0.4) is 0 Å². The van der Waals surface area contributed by atoms with E-state index in [1.807, 2.05) is 0 Å². The van der Waals surface area contributed by atoms with Crippen molar-refractivity contribution in [1.29, 1.82) is 0 Å². The van der Waals surface area contributed by atoms with Crippen LogP contribution in [0.2, 0.25) is 0 Å². The number of non-ortho nitro benzene ring substituents is 1. The molecule has 0 aliphatic heterocycles. The second-order valence-electron chi connectivity index (χ2n) is 5.41. The van der Waals surface area contributed by atoms with Gasteiger partial charge in [-0.1, -0.05) is 11.8 Å². The van der Waals surface area contributed by atoms with E-state index in [2.05, 4.69) is 20.0 Å². The SMILES string of the molecule is COC(=O)c1ccc(NC(=O)CSc2nc3ccc([N+](=O)[O-])cc3[nH]2)cc1. The van der Waals surface area contributed by atoms with Crippen LogP contribution in [0.15, 0.2) is 47.6 Å². The highest BCUT2D eigenvalue weighted by Gasteiger charge is 2.12. The lowest BCUT2D eigenvalue weighted by Gasteiger charge is -2.05. The molecule has 3 aromatic rings. The summed E-state index contributed by atoms with van der Waals surface area (Å²) in [4.78, 5) is 41.0. The zero-order chi connectivity index (χ0) is 19.4. The summed E-state index contributed by atoms with van der Waals surface area (Å²) in [6.45, 7) is 0. The minimum absolute atomic E-state index is 0.0316. The Morgan fingerprint density at radius 1 is 1.26 bits per heavy atom. The first-order valence-electron chi connectivity index (χ1n) is 7.71. The zero-order valence-corrected chi connectivity index (χ0v) is 14.9. The number of nitrogens with one attached hydrogen (secondary N) is 2. The average molecular weight is 386 g/mol. The number of thioether (sulfide) groups is 1. The van der Waals surface area contributed by atoms with Crippen molar-refractivity contribution >= 4 is 46.0 Å². The second kappa shape index (κ2) is 7.87. The normalized spacial score (nSPS) is 10.6. The number of aromatic amines is 1. The molecule has 10 heteroatoms. The molecule has 9 nitrogen and oxygen atoms in total. The number of benzene rings is 2. The van der Waals surface area contributed by atoms with Gasteiger partial charge in [-0.15, -0.1) is 0 Å². The van der Waals surface area contributed by atoms with Gasteiger partial charge in [-0.2, -0.15) is 0 Å². The van der Waals surface area contributed by atoms with Crippen LogP contribution < -0.4 is 5.32 Å². The molecule has 0 unspecified atom stereocenters. The molecule has 0 saturated heterocycles. The summed E-state index contributed by atoms with van der Waals surface area (Å²) in [6.07, 6.45) is 0. The molecule has 1 amide bonds. The van der Waals surface area contributed by atoms with Gasteiger partial charge < -0.3 is 15.0 Å². The third kappa shape index (κ3) is 4.42. The van der Waals surface area contributed by atoms with Crippen molar-refractivity contribution in [2.75, 3.05) is 18.2 Å². The zero-order valence-electron chi connectivity index (χ0n) is 14.1. The van der Waals surface area contributed by atoms with E-state index >= 15 is 0 Å². The summed E-state index contributed by atoms with van der Waals surface area (Å²) in [5.74, 6) is -0.605. The van der Waals surface area contributed by atoms with Crippen LogP contribution in [0.25, 0.3) is 11.0 Å². The van der Waals surface area contributed by atoms with E-state index < -0.39 is 10.9 Å². The lowest BCUT2D eigenvalue weighted by molar-refractivity contribution is -0.384. The van der Waals surface area contributed by atoms with E-state index in [0.29, 0.717) is 27.4 Å². The van der Waals surface area contributed by atoms with Gasteiger partial charge in [0.25, 0.3) is 5.69 Å². The summed E-state index contributed by atoms with van der Waals surface area (Å²) < 4.78 is 4.61. The van der Waals surface area contributed by atoms with Gasteiger partial charge in [0.15, 0.2) is 5.16 Å². The van der Waals surface area contributed by atoms with Gasteiger partial charge in [0, 0.05) is 17.8 Å². The third-order valence-corrected chi connectivity index (χ3v) is 4.46. The Balaban J connectivity index is 1.59. The molecule has 0 saturated carbocycles. The number of nitro groups is 1. The topological polar surface area (TPSA) is 127 Å². The first kappa shape index (κ1) is 18.4. The molecule has 0 spiro atoms. The van der Waals surface area contributed by atoms with Gasteiger partial charge in [0.2, 0.25) is 5.91 Å². The molecule has 1 heterocycles. The molecule has 0 aliphatic rings. The second-order valence-corrected chi connectivity index (χ2v) is 6.37. The van der Waals surface area contributed by atoms with Gasteiger partial charge in [0.1, 0.15) is 0 Å². The summed E-state index contributed by atoms with van der Waals surface area (Å²) in [7, 11) is 1.30. The molecule has 0 aliphatic carbocycles. The Kier molecular flexibility index (Phi) is 5.36. The number of anilines is 1. The highest BCUT2D eigenvalue weighted by Crippen LogP contribution is 2.23. The fourth-order valence-electron chi connectivity index (χ4n) is 2.29. The first-order valence-corrected chi connectivity index (χ1v) is 8.70. The van der Waals surface area contributed by atoms with Crippen LogP contribution in [0, 0.1) is 10.1 Å². The van der Waals surface area contributed by atoms with Crippen LogP contribution >= 0.6 is 11.8 Å². The van der Waals surface area contributed by atoms with Crippen molar-refractivity contribution < 1.29 is 19.2 Å². The summed E-state index contributed by atoms with van der Waals surface area (Å²) in [5.41, 5.74) is 2.03. The molecular weight excluding hydrogens is 372 g/mol. The number of nitro benzene ring substituents is 1. The van der Waals surface area contributed by atoms with Crippen molar-refractivity contribution in [2.45, 2.75) is 5.16 Å². The molecule has 138 valence electrons. The van der Waals surface area contributed by atoms with Gasteiger partial charge in [-0.3, -0.25) is 14.9 Å². The van der Waals surface area contributed by atoms with Crippen molar-refractivity contribution in [2.24, 2.45) is 0 Å². The number of imidazole rings is 1. The summed E-state index contributed by atoms with van der Waals surface area (Å²) in [6, 6.07) is 10.7. The Bertz CT molecular complexity index is 1020. The van der Waals surface area contributed by atoms with Crippen molar-refractivity contribution in [3.05, 3.63) is 58.1 Å². The molecule has 2 aromatic carbocycles. The Hall–Kier alpha value is -3.40. The number of amides is 1. The number of methoxy groups -OCH3 is 1. The van der Waals surface area contributed by atoms with E-state index in [1.54, 1.807) is 30.3 Å². The van der Waals surface area contributed by atoms with E-state index in [1.165, 1.54) is 31.0 Å². The first-order chi connectivity index (χ1) is 13.0. The fourth-order valence-corrected chi connectivity index (χ4v) is 2.98. The molecule has 0 radical (unpaired) electrons. The highest BCUT2D eigenvalue weighted by atomic mass is 32.2.